The number of halogens is 2. The number of aliphatic hydroxyl groups is 1. The first-order valence-corrected chi connectivity index (χ1v) is 8.34. The molecular formula is C18H19Cl2NO. The largest absolute Gasteiger partial charge is 0.379 e. The van der Waals surface area contributed by atoms with Crippen LogP contribution in [0, 0.1) is 0 Å². The van der Waals surface area contributed by atoms with Gasteiger partial charge in [0, 0.05) is 16.1 Å². The van der Waals surface area contributed by atoms with Gasteiger partial charge in [-0.1, -0.05) is 53.9 Å². The fraction of sp³-hybridized carbons (Fsp3) is 0.333. The Hall–Kier alpha value is -1.06. The predicted molar refractivity (Wildman–Crippen MR) is 91.5 cm³/mol. The molecule has 2 N–H and O–H groups in total. The Morgan fingerprint density at radius 1 is 0.955 bits per heavy atom. The molecule has 116 valence electrons. The average molecular weight is 336 g/mol. The molecule has 1 heterocycles. The molecule has 0 unspecified atom stereocenters. The zero-order valence-corrected chi connectivity index (χ0v) is 13.7. The Morgan fingerprint density at radius 3 is 2.00 bits per heavy atom. The molecule has 0 saturated carbocycles. The maximum Gasteiger partial charge on any atom is 0.130 e. The predicted octanol–water partition coefficient (Wildman–Crippen LogP) is 4.37. The number of benzene rings is 2. The Kier molecular flexibility index (Phi) is 4.74. The summed E-state index contributed by atoms with van der Waals surface area (Å²) >= 11 is 12.3. The molecule has 22 heavy (non-hydrogen) atoms. The van der Waals surface area contributed by atoms with Crippen LogP contribution in [0.2, 0.25) is 10.0 Å². The van der Waals surface area contributed by atoms with Crippen LogP contribution in [0.5, 0.6) is 0 Å². The summed E-state index contributed by atoms with van der Waals surface area (Å²) in [5, 5.41) is 16.3. The lowest BCUT2D eigenvalue weighted by Crippen LogP contribution is -2.51. The van der Waals surface area contributed by atoms with E-state index in [-0.39, 0.29) is 6.04 Å². The van der Waals surface area contributed by atoms with E-state index in [4.69, 9.17) is 23.2 Å². The van der Waals surface area contributed by atoms with Crippen molar-refractivity contribution in [2.75, 3.05) is 6.54 Å². The second kappa shape index (κ2) is 6.59. The van der Waals surface area contributed by atoms with E-state index in [0.29, 0.717) is 10.0 Å². The molecule has 1 saturated heterocycles. The van der Waals surface area contributed by atoms with Gasteiger partial charge in [-0.05, 0) is 54.8 Å². The molecule has 2 aromatic rings. The lowest BCUT2D eigenvalue weighted by Gasteiger charge is -2.40. The number of rotatable bonds is 3. The first kappa shape index (κ1) is 15.8. The molecule has 1 aliphatic heterocycles. The third-order valence-electron chi connectivity index (χ3n) is 4.34. The van der Waals surface area contributed by atoms with Gasteiger partial charge in [-0.15, -0.1) is 0 Å². The highest BCUT2D eigenvalue weighted by Crippen LogP contribution is 2.38. The summed E-state index contributed by atoms with van der Waals surface area (Å²) in [6.07, 6.45) is 3.15. The van der Waals surface area contributed by atoms with Crippen molar-refractivity contribution in [2.45, 2.75) is 30.9 Å². The highest BCUT2D eigenvalue weighted by atomic mass is 35.5. The monoisotopic (exact) mass is 335 g/mol. The molecule has 2 nitrogen and oxygen atoms in total. The summed E-state index contributed by atoms with van der Waals surface area (Å²) in [5.74, 6) is 0. The van der Waals surface area contributed by atoms with Gasteiger partial charge in [-0.3, -0.25) is 0 Å². The van der Waals surface area contributed by atoms with Crippen LogP contribution < -0.4 is 5.32 Å². The maximum atomic E-state index is 11.6. The molecule has 0 amide bonds. The molecule has 0 spiro atoms. The van der Waals surface area contributed by atoms with Crippen molar-refractivity contribution >= 4 is 23.2 Å². The van der Waals surface area contributed by atoms with E-state index in [1.54, 1.807) is 0 Å². The van der Waals surface area contributed by atoms with Crippen LogP contribution in [0.4, 0.5) is 0 Å². The van der Waals surface area contributed by atoms with Crippen molar-refractivity contribution < 1.29 is 5.11 Å². The van der Waals surface area contributed by atoms with Crippen LogP contribution in [-0.2, 0) is 5.60 Å². The van der Waals surface area contributed by atoms with Gasteiger partial charge < -0.3 is 10.4 Å². The lowest BCUT2D eigenvalue weighted by atomic mass is 9.77. The first-order valence-electron chi connectivity index (χ1n) is 7.58. The van der Waals surface area contributed by atoms with E-state index < -0.39 is 5.60 Å². The quantitative estimate of drug-likeness (QED) is 0.872. The Bertz CT molecular complexity index is 608. The lowest BCUT2D eigenvalue weighted by molar-refractivity contribution is 0.0268. The number of piperidine rings is 1. The van der Waals surface area contributed by atoms with Crippen molar-refractivity contribution in [3.05, 3.63) is 69.7 Å². The van der Waals surface area contributed by atoms with Gasteiger partial charge in [0.05, 0.1) is 0 Å². The molecule has 4 heteroatoms. The van der Waals surface area contributed by atoms with Crippen LogP contribution >= 0.6 is 23.2 Å². The molecule has 1 fully saturated rings. The SMILES string of the molecule is OC(c1cccc(Cl)c1)(c1cccc(Cl)c1)[C@@H]1CCCCN1. The molecule has 1 aliphatic rings. The number of hydrogen-bond donors (Lipinski definition) is 2. The van der Waals surface area contributed by atoms with E-state index >= 15 is 0 Å². The normalized spacial score (nSPS) is 19.1. The molecule has 0 radical (unpaired) electrons. The van der Waals surface area contributed by atoms with Crippen molar-refractivity contribution in [1.29, 1.82) is 0 Å². The smallest absolute Gasteiger partial charge is 0.130 e. The Balaban J connectivity index is 2.12. The minimum absolute atomic E-state index is 0.0572. The van der Waals surface area contributed by atoms with Gasteiger partial charge in [0.2, 0.25) is 0 Å². The third-order valence-corrected chi connectivity index (χ3v) is 4.81. The van der Waals surface area contributed by atoms with Crippen LogP contribution in [0.25, 0.3) is 0 Å². The van der Waals surface area contributed by atoms with Crippen LogP contribution in [-0.4, -0.2) is 17.7 Å². The van der Waals surface area contributed by atoms with Gasteiger partial charge in [-0.2, -0.15) is 0 Å². The third kappa shape index (κ3) is 3.02. The maximum absolute atomic E-state index is 11.6. The zero-order chi connectivity index (χ0) is 15.6. The fourth-order valence-corrected chi connectivity index (χ4v) is 3.61. The summed E-state index contributed by atoms with van der Waals surface area (Å²) in [6.45, 7) is 0.911. The van der Waals surface area contributed by atoms with Gasteiger partial charge in [0.1, 0.15) is 5.60 Å². The first-order chi connectivity index (χ1) is 10.6. The second-order valence-corrected chi connectivity index (χ2v) is 6.66. The molecular weight excluding hydrogens is 317 g/mol. The average Bonchev–Trinajstić information content (AvgIpc) is 2.55. The van der Waals surface area contributed by atoms with E-state index in [2.05, 4.69) is 5.32 Å². The summed E-state index contributed by atoms with van der Waals surface area (Å²) in [6, 6.07) is 14.8. The van der Waals surface area contributed by atoms with Crippen LogP contribution in [0.15, 0.2) is 48.5 Å². The van der Waals surface area contributed by atoms with Gasteiger partial charge in [-0.25, -0.2) is 0 Å². The van der Waals surface area contributed by atoms with E-state index in [1.165, 1.54) is 0 Å². The molecule has 1 atom stereocenters. The molecule has 0 aliphatic carbocycles. The van der Waals surface area contributed by atoms with Crippen molar-refractivity contribution in [3.8, 4) is 0 Å². The number of hydrogen-bond acceptors (Lipinski definition) is 2. The summed E-state index contributed by atoms with van der Waals surface area (Å²) in [7, 11) is 0. The minimum Gasteiger partial charge on any atom is -0.379 e. The summed E-state index contributed by atoms with van der Waals surface area (Å²) in [5.41, 5.74) is 0.444. The molecule has 0 aromatic heterocycles. The van der Waals surface area contributed by atoms with Gasteiger partial charge in [0.15, 0.2) is 0 Å². The molecule has 3 rings (SSSR count). The van der Waals surface area contributed by atoms with Crippen molar-refractivity contribution in [2.24, 2.45) is 0 Å². The topological polar surface area (TPSA) is 32.3 Å². The second-order valence-electron chi connectivity index (χ2n) is 5.79. The highest BCUT2D eigenvalue weighted by molar-refractivity contribution is 6.31. The van der Waals surface area contributed by atoms with Crippen molar-refractivity contribution in [1.82, 2.24) is 5.32 Å². The van der Waals surface area contributed by atoms with Crippen LogP contribution in [0.1, 0.15) is 30.4 Å². The van der Waals surface area contributed by atoms with E-state index in [9.17, 15) is 5.11 Å². The molecule has 2 aromatic carbocycles. The number of nitrogens with one attached hydrogen (secondary N) is 1. The minimum atomic E-state index is -1.14. The van der Waals surface area contributed by atoms with E-state index in [1.807, 2.05) is 48.5 Å². The zero-order valence-electron chi connectivity index (χ0n) is 12.2. The summed E-state index contributed by atoms with van der Waals surface area (Å²) < 4.78 is 0. The Morgan fingerprint density at radius 2 is 1.55 bits per heavy atom. The van der Waals surface area contributed by atoms with Crippen LogP contribution in [0.3, 0.4) is 0 Å². The highest BCUT2D eigenvalue weighted by Gasteiger charge is 2.40. The van der Waals surface area contributed by atoms with Gasteiger partial charge in [0.25, 0.3) is 0 Å². The van der Waals surface area contributed by atoms with Crippen molar-refractivity contribution in [3.63, 3.8) is 0 Å². The summed E-state index contributed by atoms with van der Waals surface area (Å²) in [4.78, 5) is 0. The van der Waals surface area contributed by atoms with Gasteiger partial charge >= 0.3 is 0 Å². The molecule has 0 bridgehead atoms. The Labute approximate surface area is 141 Å². The van der Waals surface area contributed by atoms with E-state index in [0.717, 1.165) is 36.9 Å². The standard InChI is InChI=1S/C18H19Cl2NO/c19-15-7-3-5-13(11-15)18(22,17-9-1-2-10-21-17)14-6-4-8-16(20)12-14/h3-8,11-12,17,21-22H,1-2,9-10H2/t17-/m0/s1. The fourth-order valence-electron chi connectivity index (χ4n) is 3.23.